The van der Waals surface area contributed by atoms with Crippen molar-refractivity contribution in [2.45, 2.75) is 53.1 Å². The zero-order chi connectivity index (χ0) is 25.5. The molecule has 0 aliphatic rings. The van der Waals surface area contributed by atoms with Crippen LogP contribution >= 0.6 is 11.6 Å². The molecule has 0 saturated carbocycles. The molecule has 2 rings (SSSR count). The lowest BCUT2D eigenvalue weighted by Gasteiger charge is -2.32. The average molecular weight is 508 g/mol. The van der Waals surface area contributed by atoms with Gasteiger partial charge >= 0.3 is 0 Å². The number of aryl methyl sites for hydroxylation is 1. The standard InChI is InChI=1S/C25H34ClN3O4S/c1-6-7-15-27-25(31)20(4)28(16-21-11-13-22(26)14-12-21)24(30)17-29(34(5,32)33)23-10-8-9-18(2)19(23)3/h8-14,20H,6-7,15-17H2,1-5H3,(H,27,31). The largest absolute Gasteiger partial charge is 0.354 e. The maximum atomic E-state index is 13.5. The molecule has 0 saturated heterocycles. The maximum absolute atomic E-state index is 13.5. The predicted molar refractivity (Wildman–Crippen MR) is 137 cm³/mol. The first-order chi connectivity index (χ1) is 16.0. The van der Waals surface area contributed by atoms with Crippen LogP contribution in [0.4, 0.5) is 5.69 Å². The number of nitrogens with one attached hydrogen (secondary N) is 1. The van der Waals surface area contributed by atoms with Crippen molar-refractivity contribution in [2.24, 2.45) is 0 Å². The van der Waals surface area contributed by atoms with E-state index in [9.17, 15) is 18.0 Å². The van der Waals surface area contributed by atoms with Gasteiger partial charge in [-0.2, -0.15) is 0 Å². The van der Waals surface area contributed by atoms with E-state index in [1.54, 1.807) is 43.3 Å². The molecule has 9 heteroatoms. The summed E-state index contributed by atoms with van der Waals surface area (Å²) >= 11 is 5.99. The van der Waals surface area contributed by atoms with Crippen molar-refractivity contribution >= 4 is 39.1 Å². The number of unbranched alkanes of at least 4 members (excludes halogenated alkanes) is 1. The van der Waals surface area contributed by atoms with Crippen molar-refractivity contribution in [3.05, 3.63) is 64.2 Å². The SMILES string of the molecule is CCCCNC(=O)C(C)N(Cc1ccc(Cl)cc1)C(=O)CN(c1cccc(C)c1C)S(C)(=O)=O. The molecule has 0 spiro atoms. The molecule has 0 aliphatic heterocycles. The molecular formula is C25H34ClN3O4S. The molecule has 0 aromatic heterocycles. The number of sulfonamides is 1. The first kappa shape index (κ1) is 27.7. The second-order valence-corrected chi connectivity index (χ2v) is 10.8. The summed E-state index contributed by atoms with van der Waals surface area (Å²) in [5, 5.41) is 3.42. The molecule has 0 radical (unpaired) electrons. The topological polar surface area (TPSA) is 86.8 Å². The number of amides is 2. The van der Waals surface area contributed by atoms with Gasteiger partial charge in [0.05, 0.1) is 11.9 Å². The highest BCUT2D eigenvalue weighted by atomic mass is 35.5. The second-order valence-electron chi connectivity index (χ2n) is 8.46. The minimum Gasteiger partial charge on any atom is -0.354 e. The molecule has 0 heterocycles. The molecule has 2 aromatic rings. The Bertz CT molecular complexity index is 1100. The summed E-state index contributed by atoms with van der Waals surface area (Å²) in [7, 11) is -3.76. The number of carbonyl (C=O) groups excluding carboxylic acids is 2. The number of halogens is 1. The third-order valence-corrected chi connectivity index (χ3v) is 7.17. The molecule has 1 unspecified atom stereocenters. The average Bonchev–Trinajstić information content (AvgIpc) is 2.78. The fourth-order valence-electron chi connectivity index (χ4n) is 3.51. The lowest BCUT2D eigenvalue weighted by Crippen LogP contribution is -2.51. The van der Waals surface area contributed by atoms with Crippen LogP contribution in [-0.4, -0.2) is 50.5 Å². The highest BCUT2D eigenvalue weighted by molar-refractivity contribution is 7.92. The van der Waals surface area contributed by atoms with E-state index in [1.807, 2.05) is 26.8 Å². The summed E-state index contributed by atoms with van der Waals surface area (Å²) in [6.45, 7) is 7.63. The monoisotopic (exact) mass is 507 g/mol. The Kier molecular flexibility index (Phi) is 9.94. The normalized spacial score (nSPS) is 12.2. The van der Waals surface area contributed by atoms with Crippen LogP contribution in [0.5, 0.6) is 0 Å². The van der Waals surface area contributed by atoms with Crippen LogP contribution in [-0.2, 0) is 26.2 Å². The zero-order valence-electron chi connectivity index (χ0n) is 20.5. The molecule has 2 amide bonds. The van der Waals surface area contributed by atoms with Crippen LogP contribution in [0.15, 0.2) is 42.5 Å². The maximum Gasteiger partial charge on any atom is 0.244 e. The Balaban J connectivity index is 2.38. The third-order valence-electron chi connectivity index (χ3n) is 5.79. The number of hydrogen-bond acceptors (Lipinski definition) is 4. The number of anilines is 1. The van der Waals surface area contributed by atoms with Gasteiger partial charge in [-0.15, -0.1) is 0 Å². The summed E-state index contributed by atoms with van der Waals surface area (Å²) < 4.78 is 26.5. The van der Waals surface area contributed by atoms with Crippen molar-refractivity contribution in [2.75, 3.05) is 23.7 Å². The van der Waals surface area contributed by atoms with Crippen LogP contribution in [0.25, 0.3) is 0 Å². The van der Waals surface area contributed by atoms with Gasteiger partial charge in [0, 0.05) is 18.1 Å². The van der Waals surface area contributed by atoms with E-state index in [2.05, 4.69) is 5.32 Å². The molecule has 186 valence electrons. The number of hydrogen-bond donors (Lipinski definition) is 1. The molecule has 1 N–H and O–H groups in total. The van der Waals surface area contributed by atoms with E-state index in [1.165, 1.54) is 4.90 Å². The van der Waals surface area contributed by atoms with Gasteiger partial charge in [-0.25, -0.2) is 8.42 Å². The third kappa shape index (κ3) is 7.46. The van der Waals surface area contributed by atoms with Gasteiger partial charge in [0.2, 0.25) is 21.8 Å². The minimum atomic E-state index is -3.76. The summed E-state index contributed by atoms with van der Waals surface area (Å²) in [4.78, 5) is 27.7. The summed E-state index contributed by atoms with van der Waals surface area (Å²) in [6.07, 6.45) is 2.84. The van der Waals surface area contributed by atoms with E-state index in [0.717, 1.165) is 40.1 Å². The Morgan fingerprint density at radius 2 is 1.74 bits per heavy atom. The fourth-order valence-corrected chi connectivity index (χ4v) is 4.53. The van der Waals surface area contributed by atoms with Crippen molar-refractivity contribution in [3.63, 3.8) is 0 Å². The minimum absolute atomic E-state index is 0.142. The van der Waals surface area contributed by atoms with Gasteiger partial charge in [0.15, 0.2) is 0 Å². The first-order valence-corrected chi connectivity index (χ1v) is 13.5. The lowest BCUT2D eigenvalue weighted by molar-refractivity contribution is -0.139. The van der Waals surface area contributed by atoms with Gasteiger partial charge in [0.25, 0.3) is 0 Å². The molecule has 7 nitrogen and oxygen atoms in total. The van der Waals surface area contributed by atoms with E-state index < -0.39 is 28.5 Å². The predicted octanol–water partition coefficient (Wildman–Crippen LogP) is 4.06. The molecule has 0 fully saturated rings. The van der Waals surface area contributed by atoms with Crippen molar-refractivity contribution < 1.29 is 18.0 Å². The zero-order valence-corrected chi connectivity index (χ0v) is 22.0. The number of rotatable bonds is 11. The number of carbonyl (C=O) groups is 2. The fraction of sp³-hybridized carbons (Fsp3) is 0.440. The highest BCUT2D eigenvalue weighted by Gasteiger charge is 2.30. The van der Waals surface area contributed by atoms with Gasteiger partial charge in [-0.3, -0.25) is 13.9 Å². The van der Waals surface area contributed by atoms with Crippen molar-refractivity contribution in [1.82, 2.24) is 10.2 Å². The second kappa shape index (κ2) is 12.2. The van der Waals surface area contributed by atoms with Gasteiger partial charge in [-0.1, -0.05) is 49.2 Å². The Morgan fingerprint density at radius 3 is 2.32 bits per heavy atom. The smallest absolute Gasteiger partial charge is 0.244 e. The van der Waals surface area contributed by atoms with Crippen LogP contribution in [0.3, 0.4) is 0 Å². The molecular weight excluding hydrogens is 474 g/mol. The molecule has 0 aliphatic carbocycles. The highest BCUT2D eigenvalue weighted by Crippen LogP contribution is 2.25. The summed E-state index contributed by atoms with van der Waals surface area (Å²) in [5.74, 6) is -0.757. The quantitative estimate of drug-likeness (QED) is 0.465. The van der Waals surface area contributed by atoms with Gasteiger partial charge < -0.3 is 10.2 Å². The van der Waals surface area contributed by atoms with E-state index in [-0.39, 0.29) is 12.5 Å². The molecule has 1 atom stereocenters. The van der Waals surface area contributed by atoms with E-state index in [4.69, 9.17) is 11.6 Å². The lowest BCUT2D eigenvalue weighted by atomic mass is 10.1. The van der Waals surface area contributed by atoms with Crippen molar-refractivity contribution in [3.8, 4) is 0 Å². The van der Waals surface area contributed by atoms with Crippen LogP contribution in [0, 0.1) is 13.8 Å². The molecule has 0 bridgehead atoms. The Hall–Kier alpha value is -2.58. The van der Waals surface area contributed by atoms with Crippen LogP contribution < -0.4 is 9.62 Å². The first-order valence-electron chi connectivity index (χ1n) is 11.3. The van der Waals surface area contributed by atoms with Gasteiger partial charge in [-0.05, 0) is 62.1 Å². The van der Waals surface area contributed by atoms with Crippen LogP contribution in [0.2, 0.25) is 5.02 Å². The Labute approximate surface area is 208 Å². The number of nitrogens with zero attached hydrogens (tertiary/aromatic N) is 2. The molecule has 2 aromatic carbocycles. The Morgan fingerprint density at radius 1 is 1.09 bits per heavy atom. The van der Waals surface area contributed by atoms with E-state index >= 15 is 0 Å². The van der Waals surface area contributed by atoms with Gasteiger partial charge in [0.1, 0.15) is 12.6 Å². The summed E-state index contributed by atoms with van der Waals surface area (Å²) in [5.41, 5.74) is 2.92. The molecule has 34 heavy (non-hydrogen) atoms. The summed E-state index contributed by atoms with van der Waals surface area (Å²) in [6, 6.07) is 11.5. The van der Waals surface area contributed by atoms with Crippen molar-refractivity contribution in [1.29, 1.82) is 0 Å². The number of benzene rings is 2. The van der Waals surface area contributed by atoms with Crippen LogP contribution in [0.1, 0.15) is 43.4 Å². The van der Waals surface area contributed by atoms with E-state index in [0.29, 0.717) is 17.3 Å².